The zero-order chi connectivity index (χ0) is 15.6. The first-order valence-corrected chi connectivity index (χ1v) is 8.48. The molecular formula is C19H17BrN2O. The molecule has 0 radical (unpaired) electrons. The van der Waals surface area contributed by atoms with E-state index >= 15 is 0 Å². The first kappa shape index (κ1) is 14.5. The Hall–Kier alpha value is -2.04. The smallest absolute Gasteiger partial charge is 0.158 e. The molecule has 1 aliphatic heterocycles. The van der Waals surface area contributed by atoms with Crippen LogP contribution in [0.5, 0.6) is 0 Å². The molecule has 0 aliphatic carbocycles. The number of rotatable bonds is 3. The predicted octanol–water partition coefficient (Wildman–Crippen LogP) is 4.78. The molecule has 1 atom stereocenters. The number of benzene rings is 2. The molecule has 0 bridgehead atoms. The van der Waals surface area contributed by atoms with Gasteiger partial charge >= 0.3 is 0 Å². The second kappa shape index (κ2) is 6.22. The maximum Gasteiger partial charge on any atom is 0.158 e. The lowest BCUT2D eigenvalue weighted by Crippen LogP contribution is -2.22. The van der Waals surface area contributed by atoms with Crippen molar-refractivity contribution in [3.8, 4) is 5.69 Å². The zero-order valence-corrected chi connectivity index (χ0v) is 14.2. The second-order valence-electron chi connectivity index (χ2n) is 5.56. The Bertz CT molecular complexity index is 800. The lowest BCUT2D eigenvalue weighted by Gasteiger charge is -2.24. The summed E-state index contributed by atoms with van der Waals surface area (Å²) in [6, 6.07) is 20.8. The fourth-order valence-electron chi connectivity index (χ4n) is 3.00. The van der Waals surface area contributed by atoms with Gasteiger partial charge in [-0.3, -0.25) is 0 Å². The highest BCUT2D eigenvalue weighted by atomic mass is 79.9. The molecule has 3 nitrogen and oxygen atoms in total. The molecule has 1 aromatic heterocycles. The third kappa shape index (κ3) is 2.80. The Kier molecular flexibility index (Phi) is 3.93. The minimum absolute atomic E-state index is 0.0267. The van der Waals surface area contributed by atoms with Crippen molar-refractivity contribution in [2.45, 2.75) is 6.23 Å². The molecular weight excluding hydrogens is 352 g/mol. The van der Waals surface area contributed by atoms with E-state index < -0.39 is 0 Å². The number of aromatic nitrogens is 1. The highest BCUT2D eigenvalue weighted by Gasteiger charge is 2.27. The van der Waals surface area contributed by atoms with Gasteiger partial charge in [0.2, 0.25) is 0 Å². The second-order valence-corrected chi connectivity index (χ2v) is 6.41. The lowest BCUT2D eigenvalue weighted by atomic mass is 10.2. The quantitative estimate of drug-likeness (QED) is 0.661. The molecule has 23 heavy (non-hydrogen) atoms. The Morgan fingerprint density at radius 3 is 2.57 bits per heavy atom. The van der Waals surface area contributed by atoms with Crippen LogP contribution in [-0.4, -0.2) is 17.7 Å². The number of ether oxygens (including phenoxy) is 1. The van der Waals surface area contributed by atoms with Gasteiger partial charge in [-0.2, -0.15) is 0 Å². The molecule has 4 heteroatoms. The first-order valence-electron chi connectivity index (χ1n) is 7.69. The van der Waals surface area contributed by atoms with Crippen LogP contribution < -0.4 is 4.90 Å². The van der Waals surface area contributed by atoms with Crippen LogP contribution in [-0.2, 0) is 4.74 Å². The van der Waals surface area contributed by atoms with Crippen LogP contribution in [0.3, 0.4) is 0 Å². The van der Waals surface area contributed by atoms with E-state index in [1.54, 1.807) is 0 Å². The third-order valence-electron chi connectivity index (χ3n) is 4.11. The van der Waals surface area contributed by atoms with Crippen molar-refractivity contribution >= 4 is 21.6 Å². The molecule has 2 aromatic carbocycles. The van der Waals surface area contributed by atoms with Crippen LogP contribution in [0.25, 0.3) is 5.69 Å². The van der Waals surface area contributed by atoms with Gasteiger partial charge in [0.1, 0.15) is 0 Å². The molecule has 0 amide bonds. The SMILES string of the molecule is Brc1ccccc1-n1ccc(C2OCCN2c2ccccc2)c1. The highest BCUT2D eigenvalue weighted by molar-refractivity contribution is 9.10. The van der Waals surface area contributed by atoms with E-state index in [4.69, 9.17) is 4.74 Å². The maximum atomic E-state index is 5.99. The summed E-state index contributed by atoms with van der Waals surface area (Å²) < 4.78 is 9.19. The Balaban J connectivity index is 1.65. The molecule has 116 valence electrons. The van der Waals surface area contributed by atoms with Crippen LogP contribution in [0.15, 0.2) is 77.5 Å². The first-order chi connectivity index (χ1) is 11.3. The summed E-state index contributed by atoms with van der Waals surface area (Å²) in [6.45, 7) is 1.66. The molecule has 0 saturated carbocycles. The average Bonchev–Trinajstić information content (AvgIpc) is 3.25. The van der Waals surface area contributed by atoms with Crippen molar-refractivity contribution in [1.29, 1.82) is 0 Å². The minimum Gasteiger partial charge on any atom is -0.352 e. The number of hydrogen-bond acceptors (Lipinski definition) is 2. The molecule has 3 aromatic rings. The topological polar surface area (TPSA) is 17.4 Å². The van der Waals surface area contributed by atoms with Gasteiger partial charge in [-0.05, 0) is 46.3 Å². The van der Waals surface area contributed by atoms with Crippen LogP contribution in [0, 0.1) is 0 Å². The van der Waals surface area contributed by atoms with Crippen molar-refractivity contribution in [1.82, 2.24) is 4.57 Å². The number of para-hydroxylation sites is 2. The summed E-state index contributed by atoms with van der Waals surface area (Å²) in [5.41, 5.74) is 3.49. The van der Waals surface area contributed by atoms with E-state index in [1.807, 2.05) is 18.2 Å². The monoisotopic (exact) mass is 368 g/mol. The summed E-state index contributed by atoms with van der Waals surface area (Å²) in [7, 11) is 0. The van der Waals surface area contributed by atoms with E-state index in [2.05, 4.69) is 80.3 Å². The Labute approximate surface area is 144 Å². The van der Waals surface area contributed by atoms with Gasteiger partial charge in [0, 0.05) is 34.7 Å². The van der Waals surface area contributed by atoms with Gasteiger partial charge in [-0.15, -0.1) is 0 Å². The van der Waals surface area contributed by atoms with Gasteiger partial charge in [0.15, 0.2) is 6.23 Å². The minimum atomic E-state index is -0.0267. The van der Waals surface area contributed by atoms with E-state index in [0.29, 0.717) is 0 Å². The van der Waals surface area contributed by atoms with Crippen molar-refractivity contribution < 1.29 is 4.74 Å². The van der Waals surface area contributed by atoms with Crippen LogP contribution >= 0.6 is 15.9 Å². The number of hydrogen-bond donors (Lipinski definition) is 0. The van der Waals surface area contributed by atoms with Gasteiger partial charge in [-0.25, -0.2) is 0 Å². The summed E-state index contributed by atoms with van der Waals surface area (Å²) >= 11 is 3.61. The molecule has 0 spiro atoms. The third-order valence-corrected chi connectivity index (χ3v) is 4.78. The largest absolute Gasteiger partial charge is 0.352 e. The van der Waals surface area contributed by atoms with Gasteiger partial charge < -0.3 is 14.2 Å². The molecule has 2 heterocycles. The molecule has 0 N–H and O–H groups in total. The number of halogens is 1. The van der Waals surface area contributed by atoms with Crippen molar-refractivity contribution in [3.05, 3.63) is 83.1 Å². The van der Waals surface area contributed by atoms with Gasteiger partial charge in [0.05, 0.1) is 12.3 Å². The normalized spacial score (nSPS) is 17.6. The Morgan fingerprint density at radius 2 is 1.74 bits per heavy atom. The predicted molar refractivity (Wildman–Crippen MR) is 96.0 cm³/mol. The van der Waals surface area contributed by atoms with E-state index in [0.717, 1.165) is 23.3 Å². The molecule has 1 aliphatic rings. The van der Waals surface area contributed by atoms with Gasteiger partial charge in [0.25, 0.3) is 0 Å². The number of anilines is 1. The highest BCUT2D eigenvalue weighted by Crippen LogP contribution is 2.33. The number of nitrogens with zero attached hydrogens (tertiary/aromatic N) is 2. The van der Waals surface area contributed by atoms with Crippen LogP contribution in [0.2, 0.25) is 0 Å². The van der Waals surface area contributed by atoms with E-state index in [-0.39, 0.29) is 6.23 Å². The standard InChI is InChI=1S/C19H17BrN2O/c20-17-8-4-5-9-18(17)21-11-10-15(14-21)19-22(12-13-23-19)16-6-2-1-3-7-16/h1-11,14,19H,12-13H2. The maximum absolute atomic E-state index is 5.99. The van der Waals surface area contributed by atoms with Gasteiger partial charge in [-0.1, -0.05) is 30.3 Å². The molecule has 1 fully saturated rings. The fourth-order valence-corrected chi connectivity index (χ4v) is 3.49. The van der Waals surface area contributed by atoms with E-state index in [1.165, 1.54) is 11.3 Å². The van der Waals surface area contributed by atoms with Crippen molar-refractivity contribution in [2.24, 2.45) is 0 Å². The van der Waals surface area contributed by atoms with E-state index in [9.17, 15) is 0 Å². The average molecular weight is 369 g/mol. The molecule has 1 saturated heterocycles. The summed E-state index contributed by atoms with van der Waals surface area (Å²) in [4.78, 5) is 2.31. The summed E-state index contributed by atoms with van der Waals surface area (Å²) in [5.74, 6) is 0. The lowest BCUT2D eigenvalue weighted by molar-refractivity contribution is 0.114. The summed E-state index contributed by atoms with van der Waals surface area (Å²) in [5, 5.41) is 0. The van der Waals surface area contributed by atoms with Crippen LogP contribution in [0.4, 0.5) is 5.69 Å². The summed E-state index contributed by atoms with van der Waals surface area (Å²) in [6.07, 6.45) is 4.20. The zero-order valence-electron chi connectivity index (χ0n) is 12.6. The molecule has 4 rings (SSSR count). The van der Waals surface area contributed by atoms with Crippen molar-refractivity contribution in [3.63, 3.8) is 0 Å². The Morgan fingerprint density at radius 1 is 0.957 bits per heavy atom. The molecule has 1 unspecified atom stereocenters. The van der Waals surface area contributed by atoms with Crippen LogP contribution in [0.1, 0.15) is 11.8 Å². The van der Waals surface area contributed by atoms with Crippen molar-refractivity contribution in [2.75, 3.05) is 18.1 Å². The fraction of sp³-hybridized carbons (Fsp3) is 0.158.